The summed E-state index contributed by atoms with van der Waals surface area (Å²) in [6, 6.07) is 9.34. The van der Waals surface area contributed by atoms with E-state index in [1.165, 1.54) is 12.2 Å². The highest BCUT2D eigenvalue weighted by Crippen LogP contribution is 2.08. The minimum Gasteiger partial charge on any atom is -0.267 e. The summed E-state index contributed by atoms with van der Waals surface area (Å²) in [4.78, 5) is 27.3. The highest BCUT2D eigenvalue weighted by atomic mass is 16.7. The fraction of sp³-hybridized carbons (Fsp3) is 0.0909. The number of hydrogen-bond acceptors (Lipinski definition) is 3. The Morgan fingerprint density at radius 2 is 1.60 bits per heavy atom. The Morgan fingerprint density at radius 1 is 1.00 bits per heavy atom. The Morgan fingerprint density at radius 3 is 2.20 bits per heavy atom. The first-order valence-electron chi connectivity index (χ1n) is 4.50. The van der Waals surface area contributed by atoms with Crippen LogP contribution >= 0.6 is 0 Å². The maximum Gasteiger partial charge on any atom is 0.277 e. The third kappa shape index (κ3) is 2.11. The number of rotatable bonds is 3. The molecule has 76 valence electrons. The van der Waals surface area contributed by atoms with Crippen LogP contribution in [0.5, 0.6) is 0 Å². The Kier molecular flexibility index (Phi) is 2.60. The van der Waals surface area contributed by atoms with Gasteiger partial charge in [0.1, 0.15) is 6.61 Å². The van der Waals surface area contributed by atoms with Crippen molar-refractivity contribution in [2.24, 2.45) is 0 Å². The Bertz CT molecular complexity index is 393. The van der Waals surface area contributed by atoms with E-state index in [0.717, 1.165) is 10.6 Å². The van der Waals surface area contributed by atoms with E-state index < -0.39 is 11.8 Å². The van der Waals surface area contributed by atoms with Crippen LogP contribution in [0.2, 0.25) is 0 Å². The Hall–Kier alpha value is -1.94. The molecule has 4 heteroatoms. The third-order valence-electron chi connectivity index (χ3n) is 1.97. The van der Waals surface area contributed by atoms with Crippen LogP contribution in [0, 0.1) is 0 Å². The Labute approximate surface area is 86.7 Å². The quantitative estimate of drug-likeness (QED) is 0.689. The molecule has 0 saturated carbocycles. The molecule has 2 rings (SSSR count). The number of hydrogen-bond donors (Lipinski definition) is 0. The number of nitrogens with zero attached hydrogens (tertiary/aromatic N) is 1. The minimum absolute atomic E-state index is 0.208. The summed E-state index contributed by atoms with van der Waals surface area (Å²) < 4.78 is 0. The molecule has 0 spiro atoms. The lowest BCUT2D eigenvalue weighted by Gasteiger charge is -2.12. The molecule has 0 fully saturated rings. The molecule has 0 bridgehead atoms. The molecule has 0 atom stereocenters. The largest absolute Gasteiger partial charge is 0.277 e. The second-order valence-electron chi connectivity index (χ2n) is 3.06. The molecular weight excluding hydrogens is 194 g/mol. The molecule has 15 heavy (non-hydrogen) atoms. The third-order valence-corrected chi connectivity index (χ3v) is 1.97. The van der Waals surface area contributed by atoms with Crippen LogP contribution in [-0.4, -0.2) is 16.9 Å². The topological polar surface area (TPSA) is 46.6 Å². The lowest BCUT2D eigenvalue weighted by molar-refractivity contribution is -0.189. The van der Waals surface area contributed by atoms with Crippen LogP contribution in [0.4, 0.5) is 0 Å². The zero-order chi connectivity index (χ0) is 10.7. The van der Waals surface area contributed by atoms with Crippen LogP contribution in [0.1, 0.15) is 5.56 Å². The highest BCUT2D eigenvalue weighted by Gasteiger charge is 2.24. The molecule has 1 aliphatic heterocycles. The van der Waals surface area contributed by atoms with Crippen LogP contribution in [0.3, 0.4) is 0 Å². The molecule has 4 nitrogen and oxygen atoms in total. The number of carbonyl (C=O) groups excluding carboxylic acids is 2. The fourth-order valence-electron chi connectivity index (χ4n) is 1.23. The number of imide groups is 1. The number of amides is 2. The monoisotopic (exact) mass is 203 g/mol. The molecule has 2 amide bonds. The van der Waals surface area contributed by atoms with E-state index in [1.54, 1.807) is 0 Å². The number of benzene rings is 1. The van der Waals surface area contributed by atoms with Crippen molar-refractivity contribution in [1.82, 2.24) is 5.06 Å². The van der Waals surface area contributed by atoms with Crippen LogP contribution in [0.15, 0.2) is 42.5 Å². The van der Waals surface area contributed by atoms with E-state index in [4.69, 9.17) is 4.84 Å². The lowest BCUT2D eigenvalue weighted by atomic mass is 10.2. The first kappa shape index (κ1) is 9.61. The van der Waals surface area contributed by atoms with E-state index in [-0.39, 0.29) is 6.61 Å². The normalized spacial score (nSPS) is 15.1. The Balaban J connectivity index is 1.95. The molecule has 1 aromatic rings. The standard InChI is InChI=1S/C11H9NO3/c13-10-6-7-11(14)12(10)15-8-9-4-2-1-3-5-9/h1-7H,8H2. The molecule has 1 heterocycles. The summed E-state index contributed by atoms with van der Waals surface area (Å²) >= 11 is 0. The molecule has 1 aromatic carbocycles. The molecule has 0 aromatic heterocycles. The summed E-state index contributed by atoms with van der Waals surface area (Å²) in [5.41, 5.74) is 0.907. The van der Waals surface area contributed by atoms with Gasteiger partial charge in [0.15, 0.2) is 0 Å². The average Bonchev–Trinajstić information content (AvgIpc) is 2.58. The molecular formula is C11H9NO3. The van der Waals surface area contributed by atoms with Crippen molar-refractivity contribution in [2.75, 3.05) is 0 Å². The van der Waals surface area contributed by atoms with Gasteiger partial charge in [0.2, 0.25) is 0 Å². The summed E-state index contributed by atoms with van der Waals surface area (Å²) in [5.74, 6) is -0.869. The SMILES string of the molecule is O=C1C=CC(=O)N1OCc1ccccc1. The smallest absolute Gasteiger partial charge is 0.267 e. The van der Waals surface area contributed by atoms with Crippen molar-refractivity contribution >= 4 is 11.8 Å². The first-order chi connectivity index (χ1) is 7.27. The number of carbonyl (C=O) groups is 2. The van der Waals surface area contributed by atoms with E-state index in [0.29, 0.717) is 0 Å². The van der Waals surface area contributed by atoms with Gasteiger partial charge >= 0.3 is 0 Å². The molecule has 0 N–H and O–H groups in total. The second-order valence-corrected chi connectivity index (χ2v) is 3.06. The van der Waals surface area contributed by atoms with Gasteiger partial charge in [0.05, 0.1) is 0 Å². The average molecular weight is 203 g/mol. The second kappa shape index (κ2) is 4.06. The summed E-state index contributed by atoms with van der Waals surface area (Å²) in [5, 5.41) is 0.757. The van der Waals surface area contributed by atoms with Gasteiger partial charge in [0.25, 0.3) is 11.8 Å². The van der Waals surface area contributed by atoms with Crippen molar-refractivity contribution in [3.8, 4) is 0 Å². The molecule has 0 radical (unpaired) electrons. The van der Waals surface area contributed by atoms with Gasteiger partial charge in [-0.3, -0.25) is 14.4 Å². The molecule has 1 aliphatic rings. The predicted octanol–water partition coefficient (Wildman–Crippen LogP) is 1.04. The van der Waals surface area contributed by atoms with Gasteiger partial charge in [-0.1, -0.05) is 30.3 Å². The van der Waals surface area contributed by atoms with Gasteiger partial charge in [-0.15, -0.1) is 5.06 Å². The van der Waals surface area contributed by atoms with Gasteiger partial charge in [0, 0.05) is 12.2 Å². The molecule has 0 saturated heterocycles. The van der Waals surface area contributed by atoms with E-state index in [2.05, 4.69) is 0 Å². The first-order valence-corrected chi connectivity index (χ1v) is 4.50. The summed E-state index contributed by atoms with van der Waals surface area (Å²) in [6.07, 6.45) is 2.38. The maximum absolute atomic E-state index is 11.1. The zero-order valence-corrected chi connectivity index (χ0v) is 7.92. The van der Waals surface area contributed by atoms with E-state index in [1.807, 2.05) is 30.3 Å². The van der Waals surface area contributed by atoms with E-state index in [9.17, 15) is 9.59 Å². The van der Waals surface area contributed by atoms with Crippen molar-refractivity contribution in [3.63, 3.8) is 0 Å². The van der Waals surface area contributed by atoms with Gasteiger partial charge in [-0.05, 0) is 5.56 Å². The maximum atomic E-state index is 11.1. The summed E-state index contributed by atoms with van der Waals surface area (Å²) in [7, 11) is 0. The summed E-state index contributed by atoms with van der Waals surface area (Å²) in [6.45, 7) is 0.208. The van der Waals surface area contributed by atoms with Gasteiger partial charge in [-0.25, -0.2) is 0 Å². The number of hydroxylamine groups is 2. The van der Waals surface area contributed by atoms with Crippen molar-refractivity contribution in [2.45, 2.75) is 6.61 Å². The lowest BCUT2D eigenvalue weighted by Crippen LogP contribution is -2.29. The van der Waals surface area contributed by atoms with Crippen molar-refractivity contribution in [1.29, 1.82) is 0 Å². The van der Waals surface area contributed by atoms with Gasteiger partial charge in [-0.2, -0.15) is 0 Å². The molecule has 0 aliphatic carbocycles. The highest BCUT2D eigenvalue weighted by molar-refractivity contribution is 6.11. The van der Waals surface area contributed by atoms with Gasteiger partial charge < -0.3 is 0 Å². The predicted molar refractivity (Wildman–Crippen MR) is 52.2 cm³/mol. The van der Waals surface area contributed by atoms with Crippen molar-refractivity contribution < 1.29 is 14.4 Å². The molecule has 0 unspecified atom stereocenters. The van der Waals surface area contributed by atoms with Crippen LogP contribution in [0.25, 0.3) is 0 Å². The minimum atomic E-state index is -0.434. The fourth-order valence-corrected chi connectivity index (χ4v) is 1.23. The van der Waals surface area contributed by atoms with E-state index >= 15 is 0 Å². The van der Waals surface area contributed by atoms with Crippen molar-refractivity contribution in [3.05, 3.63) is 48.0 Å². The van der Waals surface area contributed by atoms with Crippen LogP contribution < -0.4 is 0 Å². The zero-order valence-electron chi connectivity index (χ0n) is 7.92. The van der Waals surface area contributed by atoms with Crippen LogP contribution in [-0.2, 0) is 21.0 Å².